The van der Waals surface area contributed by atoms with Crippen molar-refractivity contribution in [2.45, 2.75) is 12.8 Å². The highest BCUT2D eigenvalue weighted by atomic mass is 19.3. The molecule has 66 valence electrons. The zero-order chi connectivity index (χ0) is 9.35. The van der Waals surface area contributed by atoms with Crippen molar-refractivity contribution in [3.05, 3.63) is 17.5 Å². The Morgan fingerprint density at radius 2 is 2.33 bits per heavy atom. The number of aromatic nitrogens is 2. The molecule has 0 atom stereocenters. The lowest BCUT2D eigenvalue weighted by molar-refractivity contribution is 0.0127. The summed E-state index contributed by atoms with van der Waals surface area (Å²) in [6.45, 7) is 0.659. The summed E-state index contributed by atoms with van der Waals surface area (Å²) < 4.78 is 24.9. The van der Waals surface area contributed by atoms with Crippen LogP contribution in [0, 0.1) is 0 Å². The molecule has 0 aliphatic carbocycles. The molecule has 0 saturated heterocycles. The lowest BCUT2D eigenvalue weighted by atomic mass is 10.2. The zero-order valence-electron chi connectivity index (χ0n) is 6.14. The fourth-order valence-corrected chi connectivity index (χ4v) is 0.656. The molecule has 0 aliphatic heterocycles. The van der Waals surface area contributed by atoms with Crippen LogP contribution in [0.5, 0.6) is 0 Å². The summed E-state index contributed by atoms with van der Waals surface area (Å²) in [6, 6.07) is 0.808. The first-order valence-corrected chi connectivity index (χ1v) is 3.08. The summed E-state index contributed by atoms with van der Waals surface area (Å²) in [5, 5.41) is 13.5. The van der Waals surface area contributed by atoms with Gasteiger partial charge in [-0.15, -0.1) is 0 Å². The van der Waals surface area contributed by atoms with Crippen molar-refractivity contribution in [2.24, 2.45) is 0 Å². The van der Waals surface area contributed by atoms with Gasteiger partial charge in [0.15, 0.2) is 5.69 Å². The summed E-state index contributed by atoms with van der Waals surface area (Å²) in [4.78, 5) is 10.2. The Labute approximate surface area is 66.2 Å². The normalized spacial score (nSPS) is 11.6. The van der Waals surface area contributed by atoms with Gasteiger partial charge in [0.2, 0.25) is 0 Å². The van der Waals surface area contributed by atoms with Gasteiger partial charge < -0.3 is 5.11 Å². The molecule has 0 fully saturated rings. The monoisotopic (exact) mass is 176 g/mol. The summed E-state index contributed by atoms with van der Waals surface area (Å²) in [6.07, 6.45) is 0. The highest BCUT2D eigenvalue weighted by Crippen LogP contribution is 2.24. The standard InChI is InChI=1S/C6H6F2N2O2/c1-6(7,8)4-2-3(5(11)12)9-10-4/h2H,1H3,(H,9,10)(H,11,12). The fraction of sp³-hybridized carbons (Fsp3) is 0.333. The summed E-state index contributed by atoms with van der Waals surface area (Å²) >= 11 is 0. The molecule has 2 N–H and O–H groups in total. The van der Waals surface area contributed by atoms with Crippen LogP contribution >= 0.6 is 0 Å². The summed E-state index contributed by atoms with van der Waals surface area (Å²) in [7, 11) is 0. The third-order valence-electron chi connectivity index (χ3n) is 1.27. The molecule has 1 aromatic rings. The molecule has 0 aromatic carbocycles. The molecule has 0 saturated carbocycles. The second kappa shape index (κ2) is 2.54. The number of aromatic amines is 1. The predicted molar refractivity (Wildman–Crippen MR) is 35.1 cm³/mol. The molecule has 0 aliphatic rings. The lowest BCUT2D eigenvalue weighted by Gasteiger charge is -2.04. The molecule has 0 spiro atoms. The van der Waals surface area contributed by atoms with E-state index in [4.69, 9.17) is 5.11 Å². The van der Waals surface area contributed by atoms with Crippen LogP contribution in [0.2, 0.25) is 0 Å². The molecular formula is C6H6F2N2O2. The van der Waals surface area contributed by atoms with Gasteiger partial charge in [-0.25, -0.2) is 4.79 Å². The van der Waals surface area contributed by atoms with Crippen molar-refractivity contribution in [1.29, 1.82) is 0 Å². The quantitative estimate of drug-likeness (QED) is 0.711. The Bertz CT molecular complexity index is 303. The number of H-pyrrole nitrogens is 1. The van der Waals surface area contributed by atoms with Gasteiger partial charge in [0.25, 0.3) is 5.92 Å². The van der Waals surface area contributed by atoms with Gasteiger partial charge in [-0.2, -0.15) is 13.9 Å². The number of aromatic carboxylic acids is 1. The SMILES string of the molecule is CC(F)(F)c1cc(C(=O)O)n[nH]1. The summed E-state index contributed by atoms with van der Waals surface area (Å²) in [5.74, 6) is -4.41. The van der Waals surface area contributed by atoms with Gasteiger partial charge in [-0.3, -0.25) is 5.10 Å². The van der Waals surface area contributed by atoms with Crippen molar-refractivity contribution >= 4 is 5.97 Å². The van der Waals surface area contributed by atoms with Crippen LogP contribution < -0.4 is 0 Å². The van der Waals surface area contributed by atoms with Gasteiger partial charge in [-0.1, -0.05) is 0 Å². The van der Waals surface area contributed by atoms with E-state index in [1.807, 2.05) is 5.10 Å². The van der Waals surface area contributed by atoms with E-state index in [1.54, 1.807) is 0 Å². The second-order valence-corrected chi connectivity index (χ2v) is 2.36. The van der Waals surface area contributed by atoms with Crippen LogP contribution in [0.25, 0.3) is 0 Å². The van der Waals surface area contributed by atoms with E-state index in [2.05, 4.69) is 5.10 Å². The molecule has 6 heteroatoms. The topological polar surface area (TPSA) is 66.0 Å². The van der Waals surface area contributed by atoms with Crippen LogP contribution in [0.15, 0.2) is 6.07 Å². The van der Waals surface area contributed by atoms with Crippen LogP contribution in [0.3, 0.4) is 0 Å². The number of halogens is 2. The molecule has 1 rings (SSSR count). The smallest absolute Gasteiger partial charge is 0.356 e. The minimum atomic E-state index is -3.08. The number of hydrogen-bond acceptors (Lipinski definition) is 2. The number of alkyl halides is 2. The van der Waals surface area contributed by atoms with E-state index in [0.29, 0.717) is 6.92 Å². The number of rotatable bonds is 2. The first-order valence-electron chi connectivity index (χ1n) is 3.08. The van der Waals surface area contributed by atoms with Crippen LogP contribution in [-0.2, 0) is 5.92 Å². The fourth-order valence-electron chi connectivity index (χ4n) is 0.656. The van der Waals surface area contributed by atoms with E-state index in [0.717, 1.165) is 6.07 Å². The molecule has 0 unspecified atom stereocenters. The molecule has 0 radical (unpaired) electrons. The van der Waals surface area contributed by atoms with E-state index >= 15 is 0 Å². The van der Waals surface area contributed by atoms with Crippen LogP contribution in [0.4, 0.5) is 8.78 Å². The number of carboxylic acids is 1. The van der Waals surface area contributed by atoms with Crippen molar-refractivity contribution in [3.63, 3.8) is 0 Å². The average Bonchev–Trinajstić information content (AvgIpc) is 2.30. The zero-order valence-corrected chi connectivity index (χ0v) is 6.14. The van der Waals surface area contributed by atoms with Gasteiger partial charge in [0.05, 0.1) is 0 Å². The summed E-state index contributed by atoms with van der Waals surface area (Å²) in [5.41, 5.74) is -0.911. The third kappa shape index (κ3) is 1.58. The maximum absolute atomic E-state index is 12.5. The predicted octanol–water partition coefficient (Wildman–Crippen LogP) is 1.22. The average molecular weight is 176 g/mol. The molecule has 1 heterocycles. The number of hydrogen-bond donors (Lipinski definition) is 2. The Balaban J connectivity index is 3.00. The van der Waals surface area contributed by atoms with Crippen molar-refractivity contribution in [2.75, 3.05) is 0 Å². The maximum Gasteiger partial charge on any atom is 0.356 e. The van der Waals surface area contributed by atoms with E-state index < -0.39 is 23.3 Å². The Morgan fingerprint density at radius 1 is 1.75 bits per heavy atom. The number of carboxylic acid groups (broad SMARTS) is 1. The third-order valence-corrected chi connectivity index (χ3v) is 1.27. The van der Waals surface area contributed by atoms with Crippen LogP contribution in [-0.4, -0.2) is 21.3 Å². The number of nitrogens with zero attached hydrogens (tertiary/aromatic N) is 1. The highest BCUT2D eigenvalue weighted by molar-refractivity contribution is 5.85. The highest BCUT2D eigenvalue weighted by Gasteiger charge is 2.27. The van der Waals surface area contributed by atoms with Crippen LogP contribution in [0.1, 0.15) is 23.1 Å². The Hall–Kier alpha value is -1.46. The Morgan fingerprint density at radius 3 is 2.58 bits per heavy atom. The first-order chi connectivity index (χ1) is 5.41. The molecule has 4 nitrogen and oxygen atoms in total. The van der Waals surface area contributed by atoms with Crippen molar-refractivity contribution in [1.82, 2.24) is 10.2 Å². The van der Waals surface area contributed by atoms with Gasteiger partial charge in [0, 0.05) is 13.0 Å². The largest absolute Gasteiger partial charge is 0.476 e. The molecule has 12 heavy (non-hydrogen) atoms. The van der Waals surface area contributed by atoms with Gasteiger partial charge in [-0.05, 0) is 0 Å². The first kappa shape index (κ1) is 8.63. The maximum atomic E-state index is 12.5. The van der Waals surface area contributed by atoms with Crippen molar-refractivity contribution < 1.29 is 18.7 Å². The minimum absolute atomic E-state index is 0.411. The number of nitrogens with one attached hydrogen (secondary N) is 1. The minimum Gasteiger partial charge on any atom is -0.476 e. The van der Waals surface area contributed by atoms with Gasteiger partial charge in [0.1, 0.15) is 5.69 Å². The van der Waals surface area contributed by atoms with E-state index in [-0.39, 0.29) is 0 Å². The van der Waals surface area contributed by atoms with E-state index in [9.17, 15) is 13.6 Å². The molecular weight excluding hydrogens is 170 g/mol. The van der Waals surface area contributed by atoms with Crippen molar-refractivity contribution in [3.8, 4) is 0 Å². The second-order valence-electron chi connectivity index (χ2n) is 2.36. The van der Waals surface area contributed by atoms with E-state index in [1.165, 1.54) is 0 Å². The molecule has 1 aromatic heterocycles. The van der Waals surface area contributed by atoms with Gasteiger partial charge >= 0.3 is 5.97 Å². The lowest BCUT2D eigenvalue weighted by Crippen LogP contribution is -2.07. The molecule has 0 bridgehead atoms. The molecule has 0 amide bonds. The Kier molecular flexibility index (Phi) is 1.83. The number of carbonyl (C=O) groups is 1.